The van der Waals surface area contributed by atoms with Gasteiger partial charge in [-0.05, 0) is 42.7 Å². The average Bonchev–Trinajstić information content (AvgIpc) is 2.38. The molecule has 0 aliphatic rings. The van der Waals surface area contributed by atoms with E-state index in [0.29, 0.717) is 5.69 Å². The summed E-state index contributed by atoms with van der Waals surface area (Å²) in [7, 11) is 0. The van der Waals surface area contributed by atoms with Crippen molar-refractivity contribution in [2.45, 2.75) is 19.3 Å². The molecule has 0 saturated carbocycles. The van der Waals surface area contributed by atoms with Crippen LogP contribution in [0.3, 0.4) is 0 Å². The number of carboxylic acid groups (broad SMARTS) is 1. The molecule has 0 aliphatic carbocycles. The van der Waals surface area contributed by atoms with Gasteiger partial charge in [-0.1, -0.05) is 36.4 Å². The number of nitrogens with two attached hydrogens (primary N) is 1. The molecule has 3 nitrogen and oxygen atoms in total. The zero-order chi connectivity index (χ0) is 14.0. The van der Waals surface area contributed by atoms with Gasteiger partial charge in [0.2, 0.25) is 0 Å². The number of aliphatic carboxylic acids is 1. The predicted molar refractivity (Wildman–Crippen MR) is 77.0 cm³/mol. The number of rotatable bonds is 3. The van der Waals surface area contributed by atoms with Crippen LogP contribution in [0.1, 0.15) is 19.4 Å². The Hall–Kier alpha value is -2.29. The molecule has 19 heavy (non-hydrogen) atoms. The summed E-state index contributed by atoms with van der Waals surface area (Å²) in [6.45, 7) is 3.40. The Labute approximate surface area is 112 Å². The van der Waals surface area contributed by atoms with Gasteiger partial charge in [-0.3, -0.25) is 4.79 Å². The first-order valence-corrected chi connectivity index (χ1v) is 6.11. The maximum atomic E-state index is 11.2. The van der Waals surface area contributed by atoms with Crippen LogP contribution < -0.4 is 5.73 Å². The summed E-state index contributed by atoms with van der Waals surface area (Å²) >= 11 is 0. The van der Waals surface area contributed by atoms with Gasteiger partial charge >= 0.3 is 5.97 Å². The van der Waals surface area contributed by atoms with E-state index in [1.54, 1.807) is 13.8 Å². The number of anilines is 1. The molecule has 0 bridgehead atoms. The molecule has 0 heterocycles. The van der Waals surface area contributed by atoms with Crippen molar-refractivity contribution in [3.63, 3.8) is 0 Å². The quantitative estimate of drug-likeness (QED) is 0.827. The lowest BCUT2D eigenvalue weighted by Gasteiger charge is -2.19. The summed E-state index contributed by atoms with van der Waals surface area (Å²) in [5.41, 5.74) is 8.43. The van der Waals surface area contributed by atoms with Gasteiger partial charge in [-0.25, -0.2) is 0 Å². The molecule has 0 spiro atoms. The SMILES string of the molecule is CC(C)(C(=O)O)c1ccc(-c2cccc(N)c2)cc1. The average molecular weight is 255 g/mol. The van der Waals surface area contributed by atoms with Crippen LogP contribution >= 0.6 is 0 Å². The van der Waals surface area contributed by atoms with Crippen molar-refractivity contribution < 1.29 is 9.90 Å². The highest BCUT2D eigenvalue weighted by atomic mass is 16.4. The number of hydrogen-bond acceptors (Lipinski definition) is 2. The fourth-order valence-corrected chi connectivity index (χ4v) is 1.92. The van der Waals surface area contributed by atoms with Crippen LogP contribution in [-0.4, -0.2) is 11.1 Å². The van der Waals surface area contributed by atoms with E-state index in [2.05, 4.69) is 0 Å². The molecule has 3 heteroatoms. The van der Waals surface area contributed by atoms with Crippen LogP contribution in [0, 0.1) is 0 Å². The maximum absolute atomic E-state index is 11.2. The fraction of sp³-hybridized carbons (Fsp3) is 0.188. The number of carbonyl (C=O) groups is 1. The summed E-state index contributed by atoms with van der Waals surface area (Å²) in [4.78, 5) is 11.2. The molecule has 0 unspecified atom stereocenters. The van der Waals surface area contributed by atoms with E-state index in [-0.39, 0.29) is 0 Å². The molecule has 3 N–H and O–H groups in total. The van der Waals surface area contributed by atoms with Crippen LogP contribution in [0.5, 0.6) is 0 Å². The van der Waals surface area contributed by atoms with E-state index in [0.717, 1.165) is 16.7 Å². The second-order valence-corrected chi connectivity index (χ2v) is 5.13. The van der Waals surface area contributed by atoms with Gasteiger partial charge in [-0.15, -0.1) is 0 Å². The summed E-state index contributed by atoms with van der Waals surface area (Å²) in [6, 6.07) is 15.2. The zero-order valence-electron chi connectivity index (χ0n) is 11.1. The first-order valence-electron chi connectivity index (χ1n) is 6.11. The Kier molecular flexibility index (Phi) is 3.30. The van der Waals surface area contributed by atoms with Gasteiger partial charge in [0.15, 0.2) is 0 Å². The number of hydrogen-bond donors (Lipinski definition) is 2. The largest absolute Gasteiger partial charge is 0.481 e. The zero-order valence-corrected chi connectivity index (χ0v) is 11.1. The third-order valence-corrected chi connectivity index (χ3v) is 3.36. The minimum Gasteiger partial charge on any atom is -0.481 e. The molecular formula is C16H17NO2. The summed E-state index contributed by atoms with van der Waals surface area (Å²) in [5.74, 6) is -0.829. The minimum absolute atomic E-state index is 0.715. The predicted octanol–water partition coefficient (Wildman–Crippen LogP) is 3.30. The van der Waals surface area contributed by atoms with Crippen molar-refractivity contribution in [3.05, 3.63) is 54.1 Å². The standard InChI is InChI=1S/C16H17NO2/c1-16(2,15(18)19)13-8-6-11(7-9-13)12-4-3-5-14(17)10-12/h3-10H,17H2,1-2H3,(H,18,19). The smallest absolute Gasteiger partial charge is 0.313 e. The Morgan fingerprint density at radius 1 is 1.05 bits per heavy atom. The second-order valence-electron chi connectivity index (χ2n) is 5.13. The highest BCUT2D eigenvalue weighted by Crippen LogP contribution is 2.27. The van der Waals surface area contributed by atoms with Gasteiger partial charge in [0, 0.05) is 5.69 Å². The van der Waals surface area contributed by atoms with Crippen molar-refractivity contribution in [1.82, 2.24) is 0 Å². The fourth-order valence-electron chi connectivity index (χ4n) is 1.92. The lowest BCUT2D eigenvalue weighted by atomic mass is 9.84. The third-order valence-electron chi connectivity index (χ3n) is 3.36. The highest BCUT2D eigenvalue weighted by molar-refractivity contribution is 5.80. The van der Waals surface area contributed by atoms with E-state index in [4.69, 9.17) is 5.73 Å². The van der Waals surface area contributed by atoms with Gasteiger partial charge < -0.3 is 10.8 Å². The number of benzene rings is 2. The van der Waals surface area contributed by atoms with Gasteiger partial charge in [0.05, 0.1) is 5.41 Å². The summed E-state index contributed by atoms with van der Waals surface area (Å²) in [6.07, 6.45) is 0. The molecule has 2 rings (SSSR count). The van der Waals surface area contributed by atoms with Crippen LogP contribution in [0.15, 0.2) is 48.5 Å². The summed E-state index contributed by atoms with van der Waals surface area (Å²) < 4.78 is 0. The van der Waals surface area contributed by atoms with E-state index in [1.165, 1.54) is 0 Å². The topological polar surface area (TPSA) is 63.3 Å². The number of carboxylic acids is 1. The van der Waals surface area contributed by atoms with Crippen molar-refractivity contribution in [2.75, 3.05) is 5.73 Å². The van der Waals surface area contributed by atoms with E-state index in [1.807, 2.05) is 48.5 Å². The summed E-state index contributed by atoms with van der Waals surface area (Å²) in [5, 5.41) is 9.20. The Balaban J connectivity index is 2.36. The van der Waals surface area contributed by atoms with Crippen LogP contribution in [0.2, 0.25) is 0 Å². The minimum atomic E-state index is -0.881. The lowest BCUT2D eigenvalue weighted by Crippen LogP contribution is -2.28. The molecule has 0 atom stereocenters. The van der Waals surface area contributed by atoms with E-state index < -0.39 is 11.4 Å². The molecule has 0 aliphatic heterocycles. The Morgan fingerprint density at radius 2 is 1.68 bits per heavy atom. The molecule has 0 fully saturated rings. The third kappa shape index (κ3) is 2.60. The van der Waals surface area contributed by atoms with Crippen molar-refractivity contribution >= 4 is 11.7 Å². The first kappa shape index (κ1) is 13.1. The lowest BCUT2D eigenvalue weighted by molar-refractivity contribution is -0.142. The highest BCUT2D eigenvalue weighted by Gasteiger charge is 2.29. The van der Waals surface area contributed by atoms with Crippen LogP contribution in [0.4, 0.5) is 5.69 Å². The molecule has 2 aromatic rings. The van der Waals surface area contributed by atoms with Crippen LogP contribution in [0.25, 0.3) is 11.1 Å². The maximum Gasteiger partial charge on any atom is 0.313 e. The van der Waals surface area contributed by atoms with Crippen molar-refractivity contribution in [3.8, 4) is 11.1 Å². The van der Waals surface area contributed by atoms with Gasteiger partial charge in [0.1, 0.15) is 0 Å². The second kappa shape index (κ2) is 4.76. The molecule has 0 aromatic heterocycles. The van der Waals surface area contributed by atoms with Gasteiger partial charge in [-0.2, -0.15) is 0 Å². The van der Waals surface area contributed by atoms with Crippen molar-refractivity contribution in [2.24, 2.45) is 0 Å². The van der Waals surface area contributed by atoms with E-state index in [9.17, 15) is 9.90 Å². The Morgan fingerprint density at radius 3 is 2.21 bits per heavy atom. The molecule has 98 valence electrons. The van der Waals surface area contributed by atoms with Crippen LogP contribution in [-0.2, 0) is 10.2 Å². The molecule has 0 saturated heterocycles. The normalized spacial score (nSPS) is 11.3. The van der Waals surface area contributed by atoms with E-state index >= 15 is 0 Å². The molecule has 0 radical (unpaired) electrons. The molecular weight excluding hydrogens is 238 g/mol. The number of nitrogen functional groups attached to an aromatic ring is 1. The first-order chi connectivity index (χ1) is 8.91. The van der Waals surface area contributed by atoms with Gasteiger partial charge in [0.25, 0.3) is 0 Å². The Bertz CT molecular complexity index is 600. The molecule has 2 aromatic carbocycles. The van der Waals surface area contributed by atoms with Crippen molar-refractivity contribution in [1.29, 1.82) is 0 Å². The monoisotopic (exact) mass is 255 g/mol. The molecule has 0 amide bonds.